The highest BCUT2D eigenvalue weighted by atomic mass is 32.2. The molecule has 2 aromatic rings. The number of rotatable bonds is 4. The number of carbonyl (C=O) groups excluding carboxylic acids is 1. The standard InChI is InChI=1S/C16H19N3O4S/c1-10(2)13-8-12(23-18-13)9-17-16(20)14-7-11-5-3-4-6-15(11)24(21,22)19-14/h3-6,8,10,14,19H,7,9H2,1-2H3,(H,17,20)/t14-/m0/s1. The second-order valence-corrected chi connectivity index (χ2v) is 7.76. The van der Waals surface area contributed by atoms with Crippen molar-refractivity contribution in [2.75, 3.05) is 0 Å². The summed E-state index contributed by atoms with van der Waals surface area (Å²) >= 11 is 0. The Balaban J connectivity index is 1.68. The van der Waals surface area contributed by atoms with Crippen LogP contribution < -0.4 is 10.0 Å². The molecule has 0 bridgehead atoms. The van der Waals surface area contributed by atoms with E-state index in [0.717, 1.165) is 5.69 Å². The lowest BCUT2D eigenvalue weighted by molar-refractivity contribution is -0.123. The Morgan fingerprint density at radius 2 is 2.17 bits per heavy atom. The highest BCUT2D eigenvalue weighted by Gasteiger charge is 2.33. The van der Waals surface area contributed by atoms with Gasteiger partial charge in [-0.25, -0.2) is 8.42 Å². The van der Waals surface area contributed by atoms with Crippen LogP contribution in [-0.4, -0.2) is 25.5 Å². The van der Waals surface area contributed by atoms with E-state index in [1.165, 1.54) is 6.07 Å². The normalized spacial score (nSPS) is 19.0. The monoisotopic (exact) mass is 349 g/mol. The predicted octanol–water partition coefficient (Wildman–Crippen LogP) is 1.32. The van der Waals surface area contributed by atoms with Crippen molar-refractivity contribution in [2.45, 2.75) is 43.7 Å². The van der Waals surface area contributed by atoms with Gasteiger partial charge in [-0.1, -0.05) is 37.2 Å². The highest BCUT2D eigenvalue weighted by Crippen LogP contribution is 2.22. The Bertz CT molecular complexity index is 858. The van der Waals surface area contributed by atoms with Crippen LogP contribution in [0.4, 0.5) is 0 Å². The van der Waals surface area contributed by atoms with Crippen LogP contribution in [0.15, 0.2) is 39.8 Å². The summed E-state index contributed by atoms with van der Waals surface area (Å²) in [7, 11) is -3.67. The molecule has 1 aliphatic rings. The van der Waals surface area contributed by atoms with Crippen molar-refractivity contribution >= 4 is 15.9 Å². The molecule has 0 radical (unpaired) electrons. The van der Waals surface area contributed by atoms with Gasteiger partial charge in [-0.2, -0.15) is 4.72 Å². The summed E-state index contributed by atoms with van der Waals surface area (Å²) in [5.74, 6) is 0.376. The van der Waals surface area contributed by atoms with Crippen LogP contribution in [0.2, 0.25) is 0 Å². The number of carbonyl (C=O) groups is 1. The molecule has 1 aromatic heterocycles. The molecule has 1 amide bonds. The summed E-state index contributed by atoms with van der Waals surface area (Å²) in [5, 5.41) is 6.61. The summed E-state index contributed by atoms with van der Waals surface area (Å²) in [4.78, 5) is 12.5. The molecule has 2 heterocycles. The summed E-state index contributed by atoms with van der Waals surface area (Å²) < 4.78 is 32.0. The molecule has 8 heteroatoms. The second kappa shape index (κ2) is 6.37. The molecule has 1 atom stereocenters. The number of benzene rings is 1. The van der Waals surface area contributed by atoms with Crippen molar-refractivity contribution in [3.63, 3.8) is 0 Å². The van der Waals surface area contributed by atoms with E-state index in [9.17, 15) is 13.2 Å². The first-order valence-electron chi connectivity index (χ1n) is 7.70. The van der Waals surface area contributed by atoms with Gasteiger partial charge >= 0.3 is 0 Å². The zero-order chi connectivity index (χ0) is 17.3. The SMILES string of the molecule is CC(C)c1cc(CNC(=O)[C@@H]2Cc3ccccc3S(=O)(=O)N2)on1. The summed E-state index contributed by atoms with van der Waals surface area (Å²) in [6.07, 6.45) is 0.314. The first-order valence-corrected chi connectivity index (χ1v) is 9.18. The minimum atomic E-state index is -3.67. The third-order valence-corrected chi connectivity index (χ3v) is 5.48. The van der Waals surface area contributed by atoms with Crippen LogP contribution in [0.3, 0.4) is 0 Å². The molecule has 24 heavy (non-hydrogen) atoms. The maximum absolute atomic E-state index is 12.3. The van der Waals surface area contributed by atoms with E-state index in [0.29, 0.717) is 17.7 Å². The average Bonchev–Trinajstić information content (AvgIpc) is 3.01. The Morgan fingerprint density at radius 1 is 1.42 bits per heavy atom. The molecule has 2 N–H and O–H groups in total. The topological polar surface area (TPSA) is 101 Å². The van der Waals surface area contributed by atoms with E-state index in [2.05, 4.69) is 15.2 Å². The van der Waals surface area contributed by atoms with Crippen LogP contribution >= 0.6 is 0 Å². The first-order chi connectivity index (χ1) is 11.4. The van der Waals surface area contributed by atoms with Crippen molar-refractivity contribution < 1.29 is 17.7 Å². The quantitative estimate of drug-likeness (QED) is 0.867. The summed E-state index contributed by atoms with van der Waals surface area (Å²) in [6, 6.07) is 7.63. The summed E-state index contributed by atoms with van der Waals surface area (Å²) in [5.41, 5.74) is 1.45. The van der Waals surface area contributed by atoms with Crippen LogP contribution in [0, 0.1) is 0 Å². The molecule has 0 unspecified atom stereocenters. The minimum Gasteiger partial charge on any atom is -0.359 e. The number of hydrogen-bond acceptors (Lipinski definition) is 5. The first kappa shape index (κ1) is 16.7. The van der Waals surface area contributed by atoms with Crippen molar-refractivity contribution in [2.24, 2.45) is 0 Å². The van der Waals surface area contributed by atoms with E-state index >= 15 is 0 Å². The van der Waals surface area contributed by atoms with Crippen molar-refractivity contribution in [3.05, 3.63) is 47.3 Å². The molecular weight excluding hydrogens is 330 g/mol. The van der Waals surface area contributed by atoms with Crippen LogP contribution in [0.5, 0.6) is 0 Å². The molecular formula is C16H19N3O4S. The number of hydrogen-bond donors (Lipinski definition) is 2. The van der Waals surface area contributed by atoms with Gasteiger partial charge < -0.3 is 9.84 Å². The second-order valence-electron chi connectivity index (χ2n) is 6.08. The van der Waals surface area contributed by atoms with Gasteiger partial charge in [-0.3, -0.25) is 4.79 Å². The van der Waals surface area contributed by atoms with Gasteiger partial charge in [0.1, 0.15) is 6.04 Å². The number of aromatic nitrogens is 1. The van der Waals surface area contributed by atoms with Crippen molar-refractivity contribution in [1.29, 1.82) is 0 Å². The van der Waals surface area contributed by atoms with E-state index < -0.39 is 22.0 Å². The number of sulfonamides is 1. The average molecular weight is 349 g/mol. The molecule has 1 aliphatic heterocycles. The van der Waals surface area contributed by atoms with E-state index in [-0.39, 0.29) is 17.4 Å². The van der Waals surface area contributed by atoms with Crippen molar-refractivity contribution in [3.8, 4) is 0 Å². The molecule has 3 rings (SSSR count). The van der Waals surface area contributed by atoms with Gasteiger partial charge in [0.05, 0.1) is 17.1 Å². The third-order valence-electron chi connectivity index (χ3n) is 3.91. The lowest BCUT2D eigenvalue weighted by Gasteiger charge is -2.24. The Labute approximate surface area is 140 Å². The Hall–Kier alpha value is -2.19. The zero-order valence-electron chi connectivity index (χ0n) is 13.4. The maximum atomic E-state index is 12.3. The van der Waals surface area contributed by atoms with Crippen molar-refractivity contribution in [1.82, 2.24) is 15.2 Å². The lowest BCUT2D eigenvalue weighted by Crippen LogP contribution is -2.50. The number of amides is 1. The van der Waals surface area contributed by atoms with E-state index in [1.54, 1.807) is 24.3 Å². The Kier molecular flexibility index (Phi) is 4.42. The summed E-state index contributed by atoms with van der Waals surface area (Å²) in [6.45, 7) is 4.15. The third kappa shape index (κ3) is 3.34. The van der Waals surface area contributed by atoms with Gasteiger partial charge in [-0.05, 0) is 24.0 Å². The fraction of sp³-hybridized carbons (Fsp3) is 0.375. The van der Waals surface area contributed by atoms with E-state index in [1.807, 2.05) is 13.8 Å². The highest BCUT2D eigenvalue weighted by molar-refractivity contribution is 7.89. The molecule has 0 fully saturated rings. The van der Waals surface area contributed by atoms with Gasteiger partial charge in [0.15, 0.2) is 5.76 Å². The molecule has 0 aliphatic carbocycles. The maximum Gasteiger partial charge on any atom is 0.241 e. The minimum absolute atomic E-state index is 0.165. The smallest absolute Gasteiger partial charge is 0.241 e. The van der Waals surface area contributed by atoms with Gasteiger partial charge in [0.2, 0.25) is 15.9 Å². The molecule has 7 nitrogen and oxygen atoms in total. The molecule has 1 aromatic carbocycles. The number of nitrogens with one attached hydrogen (secondary N) is 2. The van der Waals surface area contributed by atoms with Crippen LogP contribution in [0.25, 0.3) is 0 Å². The fourth-order valence-electron chi connectivity index (χ4n) is 2.57. The predicted molar refractivity (Wildman–Crippen MR) is 86.7 cm³/mol. The largest absolute Gasteiger partial charge is 0.359 e. The number of fused-ring (bicyclic) bond motifs is 1. The van der Waals surface area contributed by atoms with Gasteiger partial charge in [0, 0.05) is 6.07 Å². The molecule has 0 saturated carbocycles. The fourth-order valence-corrected chi connectivity index (χ4v) is 4.02. The van der Waals surface area contributed by atoms with Gasteiger partial charge in [0.25, 0.3) is 0 Å². The number of nitrogens with zero attached hydrogens (tertiary/aromatic N) is 1. The van der Waals surface area contributed by atoms with Crippen LogP contribution in [0.1, 0.15) is 36.8 Å². The van der Waals surface area contributed by atoms with E-state index in [4.69, 9.17) is 4.52 Å². The van der Waals surface area contributed by atoms with Gasteiger partial charge in [-0.15, -0.1) is 0 Å². The molecule has 0 saturated heterocycles. The molecule has 0 spiro atoms. The lowest BCUT2D eigenvalue weighted by atomic mass is 10.1. The Morgan fingerprint density at radius 3 is 2.88 bits per heavy atom. The zero-order valence-corrected chi connectivity index (χ0v) is 14.3. The van der Waals surface area contributed by atoms with Crippen LogP contribution in [-0.2, 0) is 27.8 Å². The molecule has 128 valence electrons.